The summed E-state index contributed by atoms with van der Waals surface area (Å²) in [5.74, 6) is -0.275. The molecule has 0 saturated carbocycles. The monoisotopic (exact) mass is 286 g/mol. The summed E-state index contributed by atoms with van der Waals surface area (Å²) >= 11 is 0. The number of unbranched alkanes of at least 4 members (excludes halogenated alkanes) is 1. The van der Waals surface area contributed by atoms with Crippen molar-refractivity contribution in [2.45, 2.75) is 40.0 Å². The number of hydrogen-bond acceptors (Lipinski definition) is 2. The lowest BCUT2D eigenvalue weighted by Crippen LogP contribution is -2.06. The standard InChI is InChI=1S/C19H26O2/c1-19(2,3)15-9-10-16-21-18(20)14-8-7-13-17-11-5-4-6-12-17/h4-8,11-14H,9-10,15-16H2,1-3H3/b13-7+,14-8+. The molecule has 1 rings (SSSR count). The normalized spacial score (nSPS) is 12.1. The van der Waals surface area contributed by atoms with Crippen LogP contribution in [0.25, 0.3) is 6.08 Å². The van der Waals surface area contributed by atoms with Crippen molar-refractivity contribution in [3.63, 3.8) is 0 Å². The molecular weight excluding hydrogens is 260 g/mol. The van der Waals surface area contributed by atoms with Crippen LogP contribution in [0.5, 0.6) is 0 Å². The minimum Gasteiger partial charge on any atom is -0.463 e. The Morgan fingerprint density at radius 3 is 2.48 bits per heavy atom. The molecule has 0 spiro atoms. The number of carbonyl (C=O) groups is 1. The van der Waals surface area contributed by atoms with E-state index in [2.05, 4.69) is 20.8 Å². The van der Waals surface area contributed by atoms with Gasteiger partial charge in [-0.2, -0.15) is 0 Å². The van der Waals surface area contributed by atoms with Gasteiger partial charge in [0, 0.05) is 6.08 Å². The van der Waals surface area contributed by atoms with Crippen molar-refractivity contribution in [2.24, 2.45) is 5.41 Å². The number of carbonyl (C=O) groups excluding carboxylic acids is 1. The molecule has 0 radical (unpaired) electrons. The lowest BCUT2D eigenvalue weighted by atomic mass is 9.90. The third-order valence-corrected chi connectivity index (χ3v) is 3.00. The summed E-state index contributed by atoms with van der Waals surface area (Å²) in [5.41, 5.74) is 1.46. The van der Waals surface area contributed by atoms with Crippen LogP contribution in [-0.4, -0.2) is 12.6 Å². The average molecular weight is 286 g/mol. The zero-order valence-corrected chi connectivity index (χ0v) is 13.3. The first-order valence-corrected chi connectivity index (χ1v) is 7.54. The molecular formula is C19H26O2. The number of rotatable bonds is 7. The third kappa shape index (κ3) is 9.67. The fraction of sp³-hybridized carbons (Fsp3) is 0.421. The van der Waals surface area contributed by atoms with Crippen LogP contribution in [0, 0.1) is 5.41 Å². The van der Waals surface area contributed by atoms with E-state index in [1.807, 2.05) is 42.5 Å². The molecule has 1 aromatic carbocycles. The third-order valence-electron chi connectivity index (χ3n) is 3.00. The van der Waals surface area contributed by atoms with Gasteiger partial charge in [0.25, 0.3) is 0 Å². The van der Waals surface area contributed by atoms with E-state index < -0.39 is 0 Å². The fourth-order valence-electron chi connectivity index (χ4n) is 1.84. The predicted molar refractivity (Wildman–Crippen MR) is 88.9 cm³/mol. The van der Waals surface area contributed by atoms with Gasteiger partial charge >= 0.3 is 5.97 Å². The van der Waals surface area contributed by atoms with Gasteiger partial charge in [0.2, 0.25) is 0 Å². The van der Waals surface area contributed by atoms with Crippen molar-refractivity contribution in [3.05, 3.63) is 54.1 Å². The Labute approximate surface area is 128 Å². The molecule has 0 atom stereocenters. The van der Waals surface area contributed by atoms with Gasteiger partial charge in [-0.25, -0.2) is 4.79 Å². The smallest absolute Gasteiger partial charge is 0.330 e. The molecule has 2 heteroatoms. The molecule has 0 unspecified atom stereocenters. The number of allylic oxidation sites excluding steroid dienone is 2. The summed E-state index contributed by atoms with van der Waals surface area (Å²) < 4.78 is 5.15. The second kappa shape index (κ2) is 9.17. The van der Waals surface area contributed by atoms with Crippen molar-refractivity contribution < 1.29 is 9.53 Å². The number of ether oxygens (including phenoxy) is 1. The molecule has 1 aromatic rings. The van der Waals surface area contributed by atoms with Crippen LogP contribution < -0.4 is 0 Å². The molecule has 0 heterocycles. The van der Waals surface area contributed by atoms with Crippen molar-refractivity contribution in [1.29, 1.82) is 0 Å². The van der Waals surface area contributed by atoms with Crippen LogP contribution >= 0.6 is 0 Å². The van der Waals surface area contributed by atoms with Gasteiger partial charge in [-0.3, -0.25) is 0 Å². The molecule has 114 valence electrons. The van der Waals surface area contributed by atoms with Crippen LogP contribution in [0.4, 0.5) is 0 Å². The zero-order valence-electron chi connectivity index (χ0n) is 13.3. The minimum atomic E-state index is -0.275. The van der Waals surface area contributed by atoms with Crippen LogP contribution in [0.3, 0.4) is 0 Å². The maximum atomic E-state index is 11.5. The molecule has 0 N–H and O–H groups in total. The van der Waals surface area contributed by atoms with Gasteiger partial charge in [-0.15, -0.1) is 0 Å². The highest BCUT2D eigenvalue weighted by Gasteiger charge is 2.08. The van der Waals surface area contributed by atoms with Gasteiger partial charge in [0.15, 0.2) is 0 Å². The molecule has 21 heavy (non-hydrogen) atoms. The number of esters is 1. The molecule has 0 aromatic heterocycles. The number of benzene rings is 1. The van der Waals surface area contributed by atoms with Gasteiger partial charge in [-0.1, -0.05) is 69.3 Å². The molecule has 0 saturated heterocycles. The summed E-state index contributed by atoms with van der Waals surface area (Å²) in [6.45, 7) is 7.17. The van der Waals surface area contributed by atoms with E-state index in [4.69, 9.17) is 4.74 Å². The Hall–Kier alpha value is -1.83. The van der Waals surface area contributed by atoms with Gasteiger partial charge in [0.1, 0.15) is 0 Å². The molecule has 0 aliphatic rings. The second-order valence-electron chi connectivity index (χ2n) is 6.31. The van der Waals surface area contributed by atoms with Crippen molar-refractivity contribution in [1.82, 2.24) is 0 Å². The van der Waals surface area contributed by atoms with E-state index in [0.29, 0.717) is 12.0 Å². The summed E-state index contributed by atoms with van der Waals surface area (Å²) in [6.07, 6.45) is 10.1. The molecule has 0 amide bonds. The topological polar surface area (TPSA) is 26.3 Å². The average Bonchev–Trinajstić information content (AvgIpc) is 2.43. The van der Waals surface area contributed by atoms with Gasteiger partial charge < -0.3 is 4.74 Å². The van der Waals surface area contributed by atoms with E-state index in [0.717, 1.165) is 24.8 Å². The minimum absolute atomic E-state index is 0.275. The molecule has 0 fully saturated rings. The Morgan fingerprint density at radius 1 is 1.10 bits per heavy atom. The zero-order chi connectivity index (χ0) is 15.6. The van der Waals surface area contributed by atoms with E-state index in [-0.39, 0.29) is 5.97 Å². The first kappa shape index (κ1) is 17.2. The molecule has 0 aliphatic carbocycles. The Kier molecular flexibility index (Phi) is 7.52. The van der Waals surface area contributed by atoms with E-state index in [9.17, 15) is 4.79 Å². The Bertz CT molecular complexity index is 464. The molecule has 2 nitrogen and oxygen atoms in total. The summed E-state index contributed by atoms with van der Waals surface area (Å²) in [6, 6.07) is 9.96. The van der Waals surface area contributed by atoms with Crippen LogP contribution in [0.15, 0.2) is 48.6 Å². The fourth-order valence-corrected chi connectivity index (χ4v) is 1.84. The van der Waals surface area contributed by atoms with Crippen LogP contribution in [0.2, 0.25) is 0 Å². The highest BCUT2D eigenvalue weighted by atomic mass is 16.5. The Morgan fingerprint density at radius 2 is 1.81 bits per heavy atom. The van der Waals surface area contributed by atoms with Crippen molar-refractivity contribution in [2.75, 3.05) is 6.61 Å². The maximum absolute atomic E-state index is 11.5. The summed E-state index contributed by atoms with van der Waals surface area (Å²) in [7, 11) is 0. The predicted octanol–water partition coefficient (Wildman–Crippen LogP) is 5.02. The van der Waals surface area contributed by atoms with Crippen LogP contribution in [0.1, 0.15) is 45.6 Å². The lowest BCUT2D eigenvalue weighted by molar-refractivity contribution is -0.137. The summed E-state index contributed by atoms with van der Waals surface area (Å²) in [5, 5.41) is 0. The highest BCUT2D eigenvalue weighted by Crippen LogP contribution is 2.21. The lowest BCUT2D eigenvalue weighted by Gasteiger charge is -2.17. The molecule has 0 aliphatic heterocycles. The van der Waals surface area contributed by atoms with E-state index >= 15 is 0 Å². The highest BCUT2D eigenvalue weighted by molar-refractivity contribution is 5.82. The van der Waals surface area contributed by atoms with Crippen LogP contribution in [-0.2, 0) is 9.53 Å². The first-order chi connectivity index (χ1) is 9.97. The van der Waals surface area contributed by atoms with E-state index in [1.165, 1.54) is 6.08 Å². The summed E-state index contributed by atoms with van der Waals surface area (Å²) in [4.78, 5) is 11.5. The largest absolute Gasteiger partial charge is 0.463 e. The SMILES string of the molecule is CC(C)(C)CCCCOC(=O)/C=C/C=C/c1ccccc1. The second-order valence-corrected chi connectivity index (χ2v) is 6.31. The molecule has 0 bridgehead atoms. The first-order valence-electron chi connectivity index (χ1n) is 7.54. The van der Waals surface area contributed by atoms with E-state index in [1.54, 1.807) is 6.08 Å². The van der Waals surface area contributed by atoms with Crippen molar-refractivity contribution >= 4 is 12.0 Å². The van der Waals surface area contributed by atoms with Crippen molar-refractivity contribution in [3.8, 4) is 0 Å². The number of hydrogen-bond donors (Lipinski definition) is 0. The Balaban J connectivity index is 2.16. The quantitative estimate of drug-likeness (QED) is 0.304. The maximum Gasteiger partial charge on any atom is 0.330 e. The van der Waals surface area contributed by atoms with Gasteiger partial charge in [-0.05, 0) is 30.2 Å². The van der Waals surface area contributed by atoms with Gasteiger partial charge in [0.05, 0.1) is 6.61 Å².